The van der Waals surface area contributed by atoms with Crippen LogP contribution in [-0.4, -0.2) is 52.8 Å². The van der Waals surface area contributed by atoms with Gasteiger partial charge in [0.05, 0.1) is 12.8 Å². The fraction of sp³-hybridized carbons (Fsp3) is 0.381. The average molecular weight is 457 g/mol. The number of hydrogen-bond donors (Lipinski definition) is 2. The number of rotatable bonds is 5. The Morgan fingerprint density at radius 3 is 2.78 bits per heavy atom. The van der Waals surface area contributed by atoms with Crippen molar-refractivity contribution in [3.05, 3.63) is 45.0 Å². The number of fused-ring (bicyclic) bond motifs is 1. The second-order valence-corrected chi connectivity index (χ2v) is 8.26. The number of aromatic nitrogens is 3. The Balaban J connectivity index is 1.40. The molecule has 0 bridgehead atoms. The third kappa shape index (κ3) is 4.28. The molecule has 2 amide bonds. The maximum absolute atomic E-state index is 13.0. The van der Waals surface area contributed by atoms with Crippen LogP contribution >= 0.6 is 11.3 Å². The van der Waals surface area contributed by atoms with Crippen LogP contribution in [0.3, 0.4) is 0 Å². The zero-order chi connectivity index (χ0) is 22.7. The summed E-state index contributed by atoms with van der Waals surface area (Å²) in [4.78, 5) is 48.3. The molecule has 168 valence electrons. The Hall–Kier alpha value is -3.47. The Morgan fingerprint density at radius 2 is 2.06 bits per heavy atom. The molecule has 0 aromatic carbocycles. The molecule has 1 fully saturated rings. The molecule has 32 heavy (non-hydrogen) atoms. The number of urea groups is 1. The highest BCUT2D eigenvalue weighted by atomic mass is 32.1. The number of pyridine rings is 1. The normalized spacial score (nSPS) is 14.4. The molecule has 1 saturated heterocycles. The number of thiophene rings is 1. The quantitative estimate of drug-likeness (QED) is 0.566. The number of ether oxygens (including phenoxy) is 1. The third-order valence-corrected chi connectivity index (χ3v) is 6.31. The largest absolute Gasteiger partial charge is 0.465 e. The van der Waals surface area contributed by atoms with Crippen LogP contribution in [0.2, 0.25) is 0 Å². The SMILES string of the molecule is CCn1c(=O)c(N2CCC(NC(=O)Nc3ccsc3C(=O)OC)CC2)nc2cccnc21. The number of anilines is 2. The van der Waals surface area contributed by atoms with Gasteiger partial charge < -0.3 is 20.3 Å². The number of piperidine rings is 1. The molecule has 3 aromatic rings. The highest BCUT2D eigenvalue weighted by Crippen LogP contribution is 2.23. The first kappa shape index (κ1) is 21.8. The lowest BCUT2D eigenvalue weighted by molar-refractivity contribution is 0.0607. The molecule has 4 rings (SSSR count). The summed E-state index contributed by atoms with van der Waals surface area (Å²) in [5.41, 5.74) is 1.53. The van der Waals surface area contributed by atoms with Crippen molar-refractivity contribution in [2.75, 3.05) is 30.4 Å². The number of amides is 2. The smallest absolute Gasteiger partial charge is 0.350 e. The van der Waals surface area contributed by atoms with Gasteiger partial charge in [0.25, 0.3) is 5.56 Å². The minimum atomic E-state index is -0.487. The molecule has 0 spiro atoms. The van der Waals surface area contributed by atoms with E-state index in [1.165, 1.54) is 18.4 Å². The van der Waals surface area contributed by atoms with E-state index in [9.17, 15) is 14.4 Å². The van der Waals surface area contributed by atoms with E-state index in [2.05, 4.69) is 20.6 Å². The van der Waals surface area contributed by atoms with Crippen LogP contribution in [-0.2, 0) is 11.3 Å². The molecular formula is C21H24N6O4S. The lowest BCUT2D eigenvalue weighted by Gasteiger charge is -2.33. The molecule has 0 saturated carbocycles. The standard InChI is InChI=1S/C21H24N6O4S/c1-3-27-17-15(5-4-9-22-17)24-18(19(27)28)26-10-6-13(7-11-26)23-21(30)25-14-8-12-32-16(14)20(29)31-2/h4-5,8-9,12-13H,3,6-7,10-11H2,1-2H3,(H2,23,25,30). The van der Waals surface area contributed by atoms with Crippen LogP contribution in [0.1, 0.15) is 29.4 Å². The van der Waals surface area contributed by atoms with E-state index in [-0.39, 0.29) is 17.6 Å². The van der Waals surface area contributed by atoms with Crippen molar-refractivity contribution in [3.8, 4) is 0 Å². The fourth-order valence-corrected chi connectivity index (χ4v) is 4.57. The topological polar surface area (TPSA) is 118 Å². The fourth-order valence-electron chi connectivity index (χ4n) is 3.80. The maximum atomic E-state index is 13.0. The second kappa shape index (κ2) is 9.35. The molecule has 0 unspecified atom stereocenters. The monoisotopic (exact) mass is 456 g/mol. The predicted molar refractivity (Wildman–Crippen MR) is 123 cm³/mol. The van der Waals surface area contributed by atoms with Gasteiger partial charge in [-0.25, -0.2) is 19.6 Å². The minimum absolute atomic E-state index is 0.0537. The molecule has 1 aliphatic rings. The zero-order valence-electron chi connectivity index (χ0n) is 17.8. The first-order valence-electron chi connectivity index (χ1n) is 10.4. The predicted octanol–water partition coefficient (Wildman–Crippen LogP) is 2.45. The molecule has 3 aromatic heterocycles. The van der Waals surface area contributed by atoms with Crippen molar-refractivity contribution in [2.45, 2.75) is 32.4 Å². The van der Waals surface area contributed by atoms with Gasteiger partial charge in [-0.3, -0.25) is 9.36 Å². The van der Waals surface area contributed by atoms with Crippen LogP contribution in [0, 0.1) is 0 Å². The first-order valence-corrected chi connectivity index (χ1v) is 11.2. The molecule has 1 aliphatic heterocycles. The molecular weight excluding hydrogens is 432 g/mol. The van der Waals surface area contributed by atoms with Gasteiger partial charge in [-0.1, -0.05) is 0 Å². The van der Waals surface area contributed by atoms with Crippen molar-refractivity contribution in [1.82, 2.24) is 19.9 Å². The Bertz CT molecular complexity index is 1200. The maximum Gasteiger partial charge on any atom is 0.350 e. The van der Waals surface area contributed by atoms with Crippen LogP contribution in [0.15, 0.2) is 34.6 Å². The van der Waals surface area contributed by atoms with Crippen molar-refractivity contribution < 1.29 is 14.3 Å². The highest BCUT2D eigenvalue weighted by Gasteiger charge is 2.25. The molecule has 0 aliphatic carbocycles. The average Bonchev–Trinajstić information content (AvgIpc) is 3.26. The summed E-state index contributed by atoms with van der Waals surface area (Å²) in [6.07, 6.45) is 2.99. The summed E-state index contributed by atoms with van der Waals surface area (Å²) >= 11 is 1.21. The molecule has 0 atom stereocenters. The number of aryl methyl sites for hydroxylation is 1. The number of nitrogens with zero attached hydrogens (tertiary/aromatic N) is 4. The van der Waals surface area contributed by atoms with E-state index in [1.807, 2.05) is 17.9 Å². The summed E-state index contributed by atoms with van der Waals surface area (Å²) < 4.78 is 6.36. The number of nitrogens with one attached hydrogen (secondary N) is 2. The summed E-state index contributed by atoms with van der Waals surface area (Å²) in [5.74, 6) is -0.0735. The van der Waals surface area contributed by atoms with Gasteiger partial charge in [0.15, 0.2) is 11.5 Å². The molecule has 11 heteroatoms. The van der Waals surface area contributed by atoms with Crippen LogP contribution < -0.4 is 21.1 Å². The third-order valence-electron chi connectivity index (χ3n) is 5.41. The summed E-state index contributed by atoms with van der Waals surface area (Å²) in [7, 11) is 1.30. The van der Waals surface area contributed by atoms with Crippen molar-refractivity contribution in [3.63, 3.8) is 0 Å². The van der Waals surface area contributed by atoms with Crippen molar-refractivity contribution in [2.24, 2.45) is 0 Å². The second-order valence-electron chi connectivity index (χ2n) is 7.35. The van der Waals surface area contributed by atoms with E-state index >= 15 is 0 Å². The van der Waals surface area contributed by atoms with Gasteiger partial charge in [-0.15, -0.1) is 11.3 Å². The van der Waals surface area contributed by atoms with Gasteiger partial charge in [0, 0.05) is 31.9 Å². The first-order chi connectivity index (χ1) is 15.5. The minimum Gasteiger partial charge on any atom is -0.465 e. The van der Waals surface area contributed by atoms with E-state index in [0.717, 1.165) is 0 Å². The van der Waals surface area contributed by atoms with E-state index in [4.69, 9.17) is 4.74 Å². The van der Waals surface area contributed by atoms with Crippen LogP contribution in [0.25, 0.3) is 11.2 Å². The number of methoxy groups -OCH3 is 1. The zero-order valence-corrected chi connectivity index (χ0v) is 18.6. The molecule has 10 nitrogen and oxygen atoms in total. The van der Waals surface area contributed by atoms with Crippen LogP contribution in [0.4, 0.5) is 16.3 Å². The molecule has 0 radical (unpaired) electrons. The van der Waals surface area contributed by atoms with E-state index < -0.39 is 5.97 Å². The van der Waals surface area contributed by atoms with Crippen LogP contribution in [0.5, 0.6) is 0 Å². The Kier molecular flexibility index (Phi) is 6.35. The van der Waals surface area contributed by atoms with Crippen molar-refractivity contribution >= 4 is 46.0 Å². The van der Waals surface area contributed by atoms with Gasteiger partial charge in [-0.2, -0.15) is 0 Å². The lowest BCUT2D eigenvalue weighted by Crippen LogP contribution is -2.47. The molecule has 4 heterocycles. The summed E-state index contributed by atoms with van der Waals surface area (Å²) in [5, 5.41) is 7.37. The number of esters is 1. The summed E-state index contributed by atoms with van der Waals surface area (Å²) in [6.45, 7) is 3.60. The number of carbonyl (C=O) groups excluding carboxylic acids is 2. The summed E-state index contributed by atoms with van der Waals surface area (Å²) in [6, 6.07) is 4.89. The number of carbonyl (C=O) groups is 2. The lowest BCUT2D eigenvalue weighted by atomic mass is 10.1. The van der Waals surface area contributed by atoms with E-state index in [0.29, 0.717) is 60.0 Å². The van der Waals surface area contributed by atoms with Gasteiger partial charge >= 0.3 is 12.0 Å². The van der Waals surface area contributed by atoms with Gasteiger partial charge in [0.2, 0.25) is 0 Å². The number of hydrogen-bond acceptors (Lipinski definition) is 8. The van der Waals surface area contributed by atoms with Gasteiger partial charge in [-0.05, 0) is 43.3 Å². The Morgan fingerprint density at radius 1 is 1.28 bits per heavy atom. The van der Waals surface area contributed by atoms with Crippen molar-refractivity contribution in [1.29, 1.82) is 0 Å². The van der Waals surface area contributed by atoms with E-state index in [1.54, 1.807) is 28.3 Å². The Labute approximate surface area is 188 Å². The highest BCUT2D eigenvalue weighted by molar-refractivity contribution is 7.12. The van der Waals surface area contributed by atoms with Gasteiger partial charge in [0.1, 0.15) is 10.4 Å². The molecule has 2 N–H and O–H groups in total.